The zero-order chi connectivity index (χ0) is 23.4. The highest BCUT2D eigenvalue weighted by Gasteiger charge is 2.26. The molecule has 166 valence electrons. The Morgan fingerprint density at radius 3 is 2.61 bits per heavy atom. The van der Waals surface area contributed by atoms with E-state index in [0.717, 1.165) is 11.1 Å². The fraction of sp³-hybridized carbons (Fsp3) is 0.130. The molecule has 0 radical (unpaired) electrons. The molecule has 2 aromatic carbocycles. The summed E-state index contributed by atoms with van der Waals surface area (Å²) in [6, 6.07) is 15.4. The Morgan fingerprint density at radius 2 is 1.88 bits per heavy atom. The quantitative estimate of drug-likeness (QED) is 0.238. The Morgan fingerprint density at radius 1 is 1.09 bits per heavy atom. The van der Waals surface area contributed by atoms with E-state index in [0.29, 0.717) is 22.5 Å². The minimum atomic E-state index is -0.617. The van der Waals surface area contributed by atoms with Crippen LogP contribution in [0.15, 0.2) is 60.9 Å². The third kappa shape index (κ3) is 4.69. The summed E-state index contributed by atoms with van der Waals surface area (Å²) in [6.45, 7) is 3.83. The van der Waals surface area contributed by atoms with Crippen LogP contribution in [-0.2, 0) is 4.74 Å². The molecule has 4 rings (SSSR count). The van der Waals surface area contributed by atoms with Crippen molar-refractivity contribution in [2.24, 2.45) is 0 Å². The van der Waals surface area contributed by atoms with Crippen molar-refractivity contribution < 1.29 is 19.2 Å². The summed E-state index contributed by atoms with van der Waals surface area (Å²) in [5, 5.41) is 15.6. The van der Waals surface area contributed by atoms with Crippen molar-refractivity contribution >= 4 is 34.1 Å². The van der Waals surface area contributed by atoms with Crippen molar-refractivity contribution in [3.8, 4) is 11.6 Å². The molecule has 2 heterocycles. The number of ether oxygens (including phenoxy) is 2. The van der Waals surface area contributed by atoms with E-state index in [1.807, 2.05) is 25.1 Å². The summed E-state index contributed by atoms with van der Waals surface area (Å²) >= 11 is 0. The number of esters is 1. The predicted molar refractivity (Wildman–Crippen MR) is 121 cm³/mol. The van der Waals surface area contributed by atoms with E-state index < -0.39 is 16.6 Å². The van der Waals surface area contributed by atoms with Crippen LogP contribution >= 0.6 is 0 Å². The molecule has 0 aliphatic heterocycles. The maximum atomic E-state index is 11.9. The first-order chi connectivity index (χ1) is 16.0. The number of nitro groups is 1. The fourth-order valence-electron chi connectivity index (χ4n) is 3.14. The highest BCUT2D eigenvalue weighted by atomic mass is 16.6. The third-order valence-electron chi connectivity index (χ3n) is 4.66. The molecular weight excluding hydrogens is 426 g/mol. The minimum Gasteiger partial charge on any atom is -0.462 e. The molecule has 4 aromatic rings. The summed E-state index contributed by atoms with van der Waals surface area (Å²) in [6.07, 6.45) is 1.17. The molecule has 0 aliphatic rings. The second-order valence-corrected chi connectivity index (χ2v) is 6.94. The number of carbonyl (C=O) groups is 1. The summed E-state index contributed by atoms with van der Waals surface area (Å²) in [5.41, 5.74) is 1.76. The number of nitrogens with zero attached hydrogens (tertiary/aromatic N) is 4. The first-order valence-electron chi connectivity index (χ1n) is 10.0. The zero-order valence-electron chi connectivity index (χ0n) is 17.8. The SMILES string of the molecule is CCOC(=O)c1ccc(Nc2ncnc(Oc3cccc4ccc(C)nc34)c2[N+](=O)[O-])cc1. The summed E-state index contributed by atoms with van der Waals surface area (Å²) in [4.78, 5) is 35.6. The van der Waals surface area contributed by atoms with Gasteiger partial charge in [0.15, 0.2) is 5.75 Å². The van der Waals surface area contributed by atoms with E-state index in [1.54, 1.807) is 43.3 Å². The van der Waals surface area contributed by atoms with Crippen molar-refractivity contribution in [3.05, 3.63) is 82.3 Å². The molecule has 0 saturated carbocycles. The molecule has 0 saturated heterocycles. The number of fused-ring (bicyclic) bond motifs is 1. The number of rotatable bonds is 7. The molecule has 0 fully saturated rings. The molecule has 0 unspecified atom stereocenters. The second kappa shape index (κ2) is 9.27. The molecule has 10 nitrogen and oxygen atoms in total. The number of carbonyl (C=O) groups excluding carboxylic acids is 1. The molecule has 33 heavy (non-hydrogen) atoms. The van der Waals surface area contributed by atoms with E-state index in [2.05, 4.69) is 20.3 Å². The second-order valence-electron chi connectivity index (χ2n) is 6.94. The number of hydrogen-bond acceptors (Lipinski definition) is 9. The van der Waals surface area contributed by atoms with Crippen LogP contribution in [0, 0.1) is 17.0 Å². The maximum Gasteiger partial charge on any atom is 0.373 e. The van der Waals surface area contributed by atoms with Crippen LogP contribution in [-0.4, -0.2) is 32.5 Å². The van der Waals surface area contributed by atoms with Crippen LogP contribution in [0.3, 0.4) is 0 Å². The lowest BCUT2D eigenvalue weighted by Gasteiger charge is -2.11. The standard InChI is InChI=1S/C23H19N5O5/c1-3-32-23(29)16-9-11-17(12-10-16)27-21-20(28(30)31)22(25-13-24-21)33-18-6-4-5-15-8-7-14(2)26-19(15)18/h4-13H,3H2,1-2H3,(H,24,25,27). The number of para-hydroxylation sites is 1. The van der Waals surface area contributed by atoms with Gasteiger partial charge >= 0.3 is 17.5 Å². The molecule has 0 aliphatic carbocycles. The largest absolute Gasteiger partial charge is 0.462 e. The van der Waals surface area contributed by atoms with Crippen LogP contribution in [0.25, 0.3) is 10.9 Å². The number of hydrogen-bond donors (Lipinski definition) is 1. The molecule has 0 atom stereocenters. The lowest BCUT2D eigenvalue weighted by Crippen LogP contribution is -2.05. The van der Waals surface area contributed by atoms with Crippen LogP contribution in [0.1, 0.15) is 23.0 Å². The van der Waals surface area contributed by atoms with Gasteiger partial charge in [-0.1, -0.05) is 18.2 Å². The highest BCUT2D eigenvalue weighted by molar-refractivity contribution is 5.90. The van der Waals surface area contributed by atoms with Gasteiger partial charge in [0.2, 0.25) is 5.82 Å². The fourth-order valence-corrected chi connectivity index (χ4v) is 3.14. The molecule has 2 aromatic heterocycles. The Kier molecular flexibility index (Phi) is 6.07. The number of aromatic nitrogens is 3. The van der Waals surface area contributed by atoms with E-state index in [9.17, 15) is 14.9 Å². The van der Waals surface area contributed by atoms with Crippen molar-refractivity contribution in [2.45, 2.75) is 13.8 Å². The minimum absolute atomic E-state index is 0.0572. The Bertz CT molecular complexity index is 1340. The average molecular weight is 445 g/mol. The van der Waals surface area contributed by atoms with Crippen molar-refractivity contribution in [1.29, 1.82) is 0 Å². The summed E-state index contributed by atoms with van der Waals surface area (Å²) in [7, 11) is 0. The van der Waals surface area contributed by atoms with Crippen LogP contribution < -0.4 is 10.1 Å². The number of anilines is 2. The Labute approximate surface area is 188 Å². The van der Waals surface area contributed by atoms with Crippen LogP contribution in [0.2, 0.25) is 0 Å². The van der Waals surface area contributed by atoms with Gasteiger partial charge in [-0.25, -0.2) is 14.8 Å². The van der Waals surface area contributed by atoms with Gasteiger partial charge in [-0.15, -0.1) is 0 Å². The van der Waals surface area contributed by atoms with E-state index in [4.69, 9.17) is 9.47 Å². The summed E-state index contributed by atoms with van der Waals surface area (Å²) in [5.74, 6) is -0.399. The van der Waals surface area contributed by atoms with Gasteiger partial charge in [-0.05, 0) is 50.2 Å². The number of aryl methyl sites for hydroxylation is 1. The van der Waals surface area contributed by atoms with Gasteiger partial charge in [0.1, 0.15) is 11.8 Å². The first-order valence-corrected chi connectivity index (χ1v) is 10.0. The zero-order valence-corrected chi connectivity index (χ0v) is 17.8. The number of benzene rings is 2. The average Bonchev–Trinajstić information content (AvgIpc) is 2.80. The molecule has 10 heteroatoms. The van der Waals surface area contributed by atoms with E-state index >= 15 is 0 Å². The van der Waals surface area contributed by atoms with Crippen LogP contribution in [0.4, 0.5) is 17.2 Å². The van der Waals surface area contributed by atoms with Gasteiger partial charge in [0.25, 0.3) is 0 Å². The monoisotopic (exact) mass is 445 g/mol. The molecule has 1 N–H and O–H groups in total. The molecular formula is C23H19N5O5. The van der Waals surface area contributed by atoms with E-state index in [-0.39, 0.29) is 18.3 Å². The lowest BCUT2D eigenvalue weighted by atomic mass is 10.2. The topological polar surface area (TPSA) is 129 Å². The third-order valence-corrected chi connectivity index (χ3v) is 4.66. The maximum absolute atomic E-state index is 11.9. The molecule has 0 spiro atoms. The highest BCUT2D eigenvalue weighted by Crippen LogP contribution is 2.37. The van der Waals surface area contributed by atoms with Crippen molar-refractivity contribution in [1.82, 2.24) is 15.0 Å². The first kappa shape index (κ1) is 21.6. The van der Waals surface area contributed by atoms with Gasteiger partial charge in [0, 0.05) is 16.8 Å². The van der Waals surface area contributed by atoms with Gasteiger partial charge < -0.3 is 14.8 Å². The van der Waals surface area contributed by atoms with Gasteiger partial charge in [0.05, 0.1) is 17.1 Å². The lowest BCUT2D eigenvalue weighted by molar-refractivity contribution is -0.385. The molecule has 0 amide bonds. The number of pyridine rings is 1. The number of nitrogens with one attached hydrogen (secondary N) is 1. The van der Waals surface area contributed by atoms with Crippen LogP contribution in [0.5, 0.6) is 11.6 Å². The molecule has 0 bridgehead atoms. The van der Waals surface area contributed by atoms with Gasteiger partial charge in [-0.3, -0.25) is 10.1 Å². The normalized spacial score (nSPS) is 10.6. The van der Waals surface area contributed by atoms with Gasteiger partial charge in [-0.2, -0.15) is 4.98 Å². The Hall–Kier alpha value is -4.60. The van der Waals surface area contributed by atoms with Crippen molar-refractivity contribution in [3.63, 3.8) is 0 Å². The smallest absolute Gasteiger partial charge is 0.373 e. The van der Waals surface area contributed by atoms with Crippen molar-refractivity contribution in [2.75, 3.05) is 11.9 Å². The summed E-state index contributed by atoms with van der Waals surface area (Å²) < 4.78 is 10.8. The Balaban J connectivity index is 1.67. The van der Waals surface area contributed by atoms with E-state index in [1.165, 1.54) is 6.33 Å². The predicted octanol–water partition coefficient (Wildman–Crippen LogP) is 4.95.